The first-order chi connectivity index (χ1) is 16.2. The summed E-state index contributed by atoms with van der Waals surface area (Å²) < 4.78 is 13.8. The summed E-state index contributed by atoms with van der Waals surface area (Å²) in [5, 5.41) is 3.27. The van der Waals surface area contributed by atoms with E-state index in [1.165, 1.54) is 17.7 Å². The van der Waals surface area contributed by atoms with Crippen molar-refractivity contribution in [3.63, 3.8) is 0 Å². The maximum Gasteiger partial charge on any atom is 0.148 e. The normalized spacial score (nSPS) is 16.5. The zero-order chi connectivity index (χ0) is 22.5. The van der Waals surface area contributed by atoms with Crippen molar-refractivity contribution in [2.24, 2.45) is 0 Å². The number of rotatable bonds is 6. The summed E-state index contributed by atoms with van der Waals surface area (Å²) in [4.78, 5) is 20.6. The second-order valence-electron chi connectivity index (χ2n) is 8.21. The molecule has 4 aromatic rings. The van der Waals surface area contributed by atoms with Crippen LogP contribution in [0.3, 0.4) is 0 Å². The molecule has 4 heterocycles. The van der Waals surface area contributed by atoms with Crippen LogP contribution in [0.15, 0.2) is 79.4 Å². The summed E-state index contributed by atoms with van der Waals surface area (Å²) in [5.41, 5.74) is 3.65. The number of hydrogen-bond acceptors (Lipinski definition) is 6. The van der Waals surface area contributed by atoms with E-state index in [-0.39, 0.29) is 11.9 Å². The van der Waals surface area contributed by atoms with Gasteiger partial charge in [0, 0.05) is 48.6 Å². The summed E-state index contributed by atoms with van der Waals surface area (Å²) in [6.07, 6.45) is 10.4. The number of hydrogen-bond donors (Lipinski definition) is 1. The largest absolute Gasteiger partial charge is 0.340 e. The lowest BCUT2D eigenvalue weighted by atomic mass is 10.00. The summed E-state index contributed by atoms with van der Waals surface area (Å²) in [6.45, 7) is 1.81. The second kappa shape index (κ2) is 9.83. The molecule has 6 nitrogen and oxygen atoms in total. The highest BCUT2D eigenvalue weighted by molar-refractivity contribution is 5.65. The summed E-state index contributed by atoms with van der Waals surface area (Å²) in [6, 6.07) is 16.4. The van der Waals surface area contributed by atoms with E-state index in [1.54, 1.807) is 18.5 Å². The first-order valence-corrected chi connectivity index (χ1v) is 11.2. The van der Waals surface area contributed by atoms with Crippen LogP contribution in [-0.4, -0.2) is 31.4 Å². The van der Waals surface area contributed by atoms with Crippen LogP contribution in [0.1, 0.15) is 36.7 Å². The third-order valence-electron chi connectivity index (χ3n) is 5.86. The van der Waals surface area contributed by atoms with Gasteiger partial charge in [-0.15, -0.1) is 0 Å². The third kappa shape index (κ3) is 5.21. The number of nitrogens with one attached hydrogen (secondary N) is 1. The molecule has 33 heavy (non-hydrogen) atoms. The predicted molar refractivity (Wildman–Crippen MR) is 126 cm³/mol. The fourth-order valence-corrected chi connectivity index (χ4v) is 4.26. The predicted octanol–water partition coefficient (Wildman–Crippen LogP) is 5.54. The van der Waals surface area contributed by atoms with Crippen LogP contribution < -0.4 is 5.32 Å². The minimum absolute atomic E-state index is 0.0989. The Morgan fingerprint density at radius 1 is 0.909 bits per heavy atom. The van der Waals surface area contributed by atoms with Gasteiger partial charge in [-0.05, 0) is 67.4 Å². The highest BCUT2D eigenvalue weighted by Gasteiger charge is 2.27. The number of aromatic nitrogens is 4. The molecule has 166 valence electrons. The van der Waals surface area contributed by atoms with Crippen LogP contribution in [0.4, 0.5) is 15.9 Å². The Morgan fingerprint density at radius 2 is 1.70 bits per heavy atom. The molecule has 0 aliphatic carbocycles. The maximum absolute atomic E-state index is 13.8. The molecule has 0 radical (unpaired) electrons. The minimum Gasteiger partial charge on any atom is -0.340 e. The molecule has 1 saturated heterocycles. The molecule has 5 rings (SSSR count). The van der Waals surface area contributed by atoms with Gasteiger partial charge < -0.3 is 5.32 Å². The molecule has 1 fully saturated rings. The lowest BCUT2D eigenvalue weighted by molar-refractivity contribution is 0.134. The molecule has 7 heteroatoms. The highest BCUT2D eigenvalue weighted by Crippen LogP contribution is 2.33. The van der Waals surface area contributed by atoms with E-state index in [0.717, 1.165) is 49.4 Å². The molecule has 0 saturated carbocycles. The van der Waals surface area contributed by atoms with Crippen molar-refractivity contribution in [2.75, 3.05) is 11.9 Å². The topological polar surface area (TPSA) is 66.8 Å². The average molecular weight is 441 g/mol. The highest BCUT2D eigenvalue weighted by atomic mass is 19.1. The van der Waals surface area contributed by atoms with Crippen molar-refractivity contribution in [1.29, 1.82) is 0 Å². The molecule has 0 bridgehead atoms. The molecular formula is C26H25FN6. The van der Waals surface area contributed by atoms with Gasteiger partial charge >= 0.3 is 0 Å². The van der Waals surface area contributed by atoms with Crippen molar-refractivity contribution < 1.29 is 4.39 Å². The van der Waals surface area contributed by atoms with Crippen LogP contribution in [0.25, 0.3) is 11.3 Å². The van der Waals surface area contributed by atoms with E-state index in [2.05, 4.69) is 32.3 Å². The number of halogens is 1. The molecule has 1 aromatic carbocycles. The number of likely N-dealkylation sites (tertiary alicyclic amines) is 1. The van der Waals surface area contributed by atoms with Gasteiger partial charge in [-0.25, -0.2) is 14.4 Å². The fraction of sp³-hybridized carbons (Fsp3) is 0.231. The Morgan fingerprint density at radius 3 is 2.48 bits per heavy atom. The first kappa shape index (κ1) is 21.2. The number of piperidine rings is 1. The van der Waals surface area contributed by atoms with Gasteiger partial charge in [0.2, 0.25) is 0 Å². The first-order valence-electron chi connectivity index (χ1n) is 11.2. The molecule has 1 aliphatic heterocycles. The number of pyridine rings is 2. The Hall–Kier alpha value is -3.71. The van der Waals surface area contributed by atoms with Crippen LogP contribution in [0.2, 0.25) is 0 Å². The Labute approximate surface area is 192 Å². The van der Waals surface area contributed by atoms with Crippen molar-refractivity contribution in [1.82, 2.24) is 24.8 Å². The molecular weight excluding hydrogens is 415 g/mol. The molecule has 1 N–H and O–H groups in total. The Balaban J connectivity index is 1.51. The monoisotopic (exact) mass is 440 g/mol. The second-order valence-corrected chi connectivity index (χ2v) is 8.21. The zero-order valence-electron chi connectivity index (χ0n) is 18.2. The number of anilines is 2. The molecule has 0 amide bonds. The summed E-state index contributed by atoms with van der Waals surface area (Å²) in [5.74, 6) is 1.13. The van der Waals surface area contributed by atoms with Gasteiger partial charge in [-0.1, -0.05) is 12.5 Å². The summed E-state index contributed by atoms with van der Waals surface area (Å²) >= 11 is 0. The molecule has 1 unspecified atom stereocenters. The van der Waals surface area contributed by atoms with E-state index in [9.17, 15) is 4.39 Å². The van der Waals surface area contributed by atoms with E-state index >= 15 is 0 Å². The molecule has 3 aromatic heterocycles. The maximum atomic E-state index is 13.8. The van der Waals surface area contributed by atoms with Gasteiger partial charge in [0.15, 0.2) is 0 Å². The van der Waals surface area contributed by atoms with Crippen molar-refractivity contribution in [2.45, 2.75) is 31.8 Å². The molecule has 1 aliphatic rings. The van der Waals surface area contributed by atoms with Crippen molar-refractivity contribution >= 4 is 11.5 Å². The fourth-order valence-electron chi connectivity index (χ4n) is 4.26. The van der Waals surface area contributed by atoms with Gasteiger partial charge in [-0.2, -0.15) is 0 Å². The van der Waals surface area contributed by atoms with Gasteiger partial charge in [0.05, 0.1) is 11.7 Å². The summed E-state index contributed by atoms with van der Waals surface area (Å²) in [7, 11) is 0. The van der Waals surface area contributed by atoms with E-state index in [1.807, 2.05) is 36.7 Å². The molecule has 1 atom stereocenters. The van der Waals surface area contributed by atoms with Gasteiger partial charge in [0.25, 0.3) is 0 Å². The third-order valence-corrected chi connectivity index (χ3v) is 5.86. The van der Waals surface area contributed by atoms with Gasteiger partial charge in [0.1, 0.15) is 17.5 Å². The standard InChI is InChI=1S/C26H25FN6/c27-21-4-3-5-22(16-21)30-25-17-23(20-9-13-29-14-10-20)31-26(32-25)24-6-1-2-15-33(24)18-19-7-11-28-12-8-19/h3-5,7-14,16-17,24H,1-2,6,15,18H2,(H,30,31,32). The Kier molecular flexibility index (Phi) is 6.30. The lowest BCUT2D eigenvalue weighted by Crippen LogP contribution is -2.34. The lowest BCUT2D eigenvalue weighted by Gasteiger charge is -2.35. The zero-order valence-corrected chi connectivity index (χ0v) is 18.2. The van der Waals surface area contributed by atoms with Gasteiger partial charge in [-0.3, -0.25) is 14.9 Å². The van der Waals surface area contributed by atoms with Crippen LogP contribution >= 0.6 is 0 Å². The number of benzene rings is 1. The SMILES string of the molecule is Fc1cccc(Nc2cc(-c3ccncc3)nc(C3CCCCN3Cc3ccncc3)n2)c1. The van der Waals surface area contributed by atoms with E-state index in [0.29, 0.717) is 11.5 Å². The average Bonchev–Trinajstić information content (AvgIpc) is 2.85. The quantitative estimate of drug-likeness (QED) is 0.424. The Bertz CT molecular complexity index is 1200. The molecule has 0 spiro atoms. The van der Waals surface area contributed by atoms with Crippen molar-refractivity contribution in [3.05, 3.63) is 96.6 Å². The smallest absolute Gasteiger partial charge is 0.148 e. The van der Waals surface area contributed by atoms with Crippen LogP contribution in [0.5, 0.6) is 0 Å². The van der Waals surface area contributed by atoms with Crippen LogP contribution in [-0.2, 0) is 6.54 Å². The number of nitrogens with zero attached hydrogens (tertiary/aromatic N) is 5. The van der Waals surface area contributed by atoms with Crippen molar-refractivity contribution in [3.8, 4) is 11.3 Å². The van der Waals surface area contributed by atoms with E-state index in [4.69, 9.17) is 9.97 Å². The van der Waals surface area contributed by atoms with Crippen LogP contribution in [0, 0.1) is 5.82 Å². The minimum atomic E-state index is -0.292. The van der Waals surface area contributed by atoms with E-state index < -0.39 is 0 Å².